The predicted molar refractivity (Wildman–Crippen MR) is 68.8 cm³/mol. The van der Waals surface area contributed by atoms with Crippen molar-refractivity contribution in [3.63, 3.8) is 0 Å². The van der Waals surface area contributed by atoms with E-state index >= 15 is 0 Å². The Hall–Kier alpha value is -1.65. The van der Waals surface area contributed by atoms with Crippen LogP contribution in [0.1, 0.15) is 20.3 Å². The summed E-state index contributed by atoms with van der Waals surface area (Å²) in [5.41, 5.74) is 0.0254. The zero-order chi connectivity index (χ0) is 13.9. The molecule has 18 heavy (non-hydrogen) atoms. The van der Waals surface area contributed by atoms with Crippen molar-refractivity contribution < 1.29 is 13.6 Å². The molecule has 0 aromatic heterocycles. The van der Waals surface area contributed by atoms with Crippen LogP contribution in [0.15, 0.2) is 12.1 Å². The Kier molecular flexibility index (Phi) is 4.64. The van der Waals surface area contributed by atoms with Crippen molar-refractivity contribution in [2.45, 2.75) is 20.3 Å². The predicted octanol–water partition coefficient (Wildman–Crippen LogP) is 3.02. The molecular weight excluding hydrogens is 238 g/mol. The van der Waals surface area contributed by atoms with Crippen molar-refractivity contribution in [1.82, 2.24) is 0 Å². The van der Waals surface area contributed by atoms with E-state index in [4.69, 9.17) is 0 Å². The Morgan fingerprint density at radius 2 is 1.83 bits per heavy atom. The van der Waals surface area contributed by atoms with Crippen LogP contribution in [0.3, 0.4) is 0 Å². The van der Waals surface area contributed by atoms with Gasteiger partial charge in [-0.1, -0.05) is 13.8 Å². The Bertz CT molecular complexity index is 424. The summed E-state index contributed by atoms with van der Waals surface area (Å²) >= 11 is 0. The third-order valence-electron chi connectivity index (χ3n) is 2.79. The van der Waals surface area contributed by atoms with Crippen LogP contribution in [0.4, 0.5) is 20.2 Å². The summed E-state index contributed by atoms with van der Waals surface area (Å²) in [6.45, 7) is 3.64. The highest BCUT2D eigenvalue weighted by Gasteiger charge is 2.16. The topological polar surface area (TPSA) is 32.3 Å². The molecular formula is C13H18F2N2O. The Labute approximate surface area is 106 Å². The first-order valence-corrected chi connectivity index (χ1v) is 5.84. The third-order valence-corrected chi connectivity index (χ3v) is 2.79. The van der Waals surface area contributed by atoms with Crippen molar-refractivity contribution >= 4 is 17.3 Å². The third kappa shape index (κ3) is 3.18. The second-order valence-electron chi connectivity index (χ2n) is 4.48. The monoisotopic (exact) mass is 256 g/mol. The summed E-state index contributed by atoms with van der Waals surface area (Å²) < 4.78 is 27.3. The lowest BCUT2D eigenvalue weighted by molar-refractivity contribution is -0.119. The number of anilines is 2. The van der Waals surface area contributed by atoms with E-state index in [-0.39, 0.29) is 23.2 Å². The maximum absolute atomic E-state index is 13.7. The molecule has 100 valence electrons. The van der Waals surface area contributed by atoms with Gasteiger partial charge in [-0.25, -0.2) is 8.78 Å². The lowest BCUT2D eigenvalue weighted by Gasteiger charge is -2.16. The number of hydrogen-bond donors (Lipinski definition) is 1. The maximum atomic E-state index is 13.7. The molecule has 3 nitrogen and oxygen atoms in total. The summed E-state index contributed by atoms with van der Waals surface area (Å²) in [5.74, 6) is -1.82. The fourth-order valence-electron chi connectivity index (χ4n) is 1.52. The van der Waals surface area contributed by atoms with Gasteiger partial charge < -0.3 is 10.2 Å². The number of amides is 1. The lowest BCUT2D eigenvalue weighted by Crippen LogP contribution is -2.20. The van der Waals surface area contributed by atoms with E-state index in [1.807, 2.05) is 6.92 Å². The molecule has 1 unspecified atom stereocenters. The van der Waals surface area contributed by atoms with Crippen molar-refractivity contribution in [3.05, 3.63) is 23.8 Å². The number of carbonyl (C=O) groups excluding carboxylic acids is 1. The van der Waals surface area contributed by atoms with Gasteiger partial charge in [-0.15, -0.1) is 0 Å². The van der Waals surface area contributed by atoms with Gasteiger partial charge in [0, 0.05) is 25.7 Å². The van der Waals surface area contributed by atoms with Crippen LogP contribution in [-0.4, -0.2) is 20.0 Å². The molecule has 0 bridgehead atoms. The quantitative estimate of drug-likeness (QED) is 0.898. The zero-order valence-electron chi connectivity index (χ0n) is 11.1. The smallest absolute Gasteiger partial charge is 0.227 e. The second-order valence-corrected chi connectivity index (χ2v) is 4.48. The van der Waals surface area contributed by atoms with E-state index < -0.39 is 11.6 Å². The highest BCUT2D eigenvalue weighted by Crippen LogP contribution is 2.25. The van der Waals surface area contributed by atoms with Gasteiger partial charge in [-0.2, -0.15) is 0 Å². The van der Waals surface area contributed by atoms with Crippen LogP contribution >= 0.6 is 0 Å². The van der Waals surface area contributed by atoms with Crippen molar-refractivity contribution in [3.8, 4) is 0 Å². The van der Waals surface area contributed by atoms with Crippen LogP contribution in [0.25, 0.3) is 0 Å². The van der Waals surface area contributed by atoms with Crippen LogP contribution < -0.4 is 10.2 Å². The second kappa shape index (κ2) is 5.80. The maximum Gasteiger partial charge on any atom is 0.227 e. The average molecular weight is 256 g/mol. The fraction of sp³-hybridized carbons (Fsp3) is 0.462. The first kappa shape index (κ1) is 14.4. The molecule has 0 saturated heterocycles. The number of carbonyl (C=O) groups is 1. The van der Waals surface area contributed by atoms with Crippen molar-refractivity contribution in [1.29, 1.82) is 0 Å². The van der Waals surface area contributed by atoms with Crippen LogP contribution in [0.5, 0.6) is 0 Å². The highest BCUT2D eigenvalue weighted by molar-refractivity contribution is 5.92. The summed E-state index contributed by atoms with van der Waals surface area (Å²) in [4.78, 5) is 13.0. The fourth-order valence-corrected chi connectivity index (χ4v) is 1.52. The van der Waals surface area contributed by atoms with Gasteiger partial charge in [0.15, 0.2) is 11.6 Å². The number of benzene rings is 1. The van der Waals surface area contributed by atoms with Gasteiger partial charge in [-0.05, 0) is 18.6 Å². The number of halogens is 2. The molecule has 1 N–H and O–H groups in total. The van der Waals surface area contributed by atoms with E-state index in [2.05, 4.69) is 5.32 Å². The molecule has 5 heteroatoms. The molecule has 1 atom stereocenters. The van der Waals surface area contributed by atoms with Crippen LogP contribution in [0, 0.1) is 17.6 Å². The van der Waals surface area contributed by atoms with Crippen LogP contribution in [0.2, 0.25) is 0 Å². The standard InChI is InChI=1S/C13H18F2N2O/c1-5-8(2)13(18)16-9-6-10(14)12(17(3)4)11(15)7-9/h6-8H,5H2,1-4H3,(H,16,18). The molecule has 1 amide bonds. The summed E-state index contributed by atoms with van der Waals surface area (Å²) in [7, 11) is 3.11. The van der Waals surface area contributed by atoms with Crippen LogP contribution in [-0.2, 0) is 4.79 Å². The van der Waals surface area contributed by atoms with Crippen molar-refractivity contribution in [2.24, 2.45) is 5.92 Å². The van der Waals surface area contributed by atoms with Gasteiger partial charge in [-0.3, -0.25) is 4.79 Å². The molecule has 0 aliphatic heterocycles. The summed E-state index contributed by atoms with van der Waals surface area (Å²) in [5, 5.41) is 2.50. The molecule has 0 heterocycles. The largest absolute Gasteiger partial charge is 0.373 e. The zero-order valence-corrected chi connectivity index (χ0v) is 11.1. The molecule has 0 saturated carbocycles. The van der Waals surface area contributed by atoms with E-state index in [0.29, 0.717) is 6.42 Å². The first-order chi connectivity index (χ1) is 8.36. The van der Waals surface area contributed by atoms with E-state index in [9.17, 15) is 13.6 Å². The molecule has 0 aliphatic rings. The average Bonchev–Trinajstić information content (AvgIpc) is 2.26. The van der Waals surface area contributed by atoms with Gasteiger partial charge in [0.05, 0.1) is 0 Å². The highest BCUT2D eigenvalue weighted by atomic mass is 19.1. The van der Waals surface area contributed by atoms with Gasteiger partial charge in [0.2, 0.25) is 5.91 Å². The lowest BCUT2D eigenvalue weighted by atomic mass is 10.1. The number of nitrogens with zero attached hydrogens (tertiary/aromatic N) is 1. The minimum atomic E-state index is -0.695. The minimum Gasteiger partial charge on any atom is -0.373 e. The molecule has 1 rings (SSSR count). The number of nitrogens with one attached hydrogen (secondary N) is 1. The Morgan fingerprint density at radius 1 is 1.33 bits per heavy atom. The summed E-state index contributed by atoms with van der Waals surface area (Å²) in [6.07, 6.45) is 0.673. The number of hydrogen-bond acceptors (Lipinski definition) is 2. The van der Waals surface area contributed by atoms with E-state index in [1.54, 1.807) is 21.0 Å². The SMILES string of the molecule is CCC(C)C(=O)Nc1cc(F)c(N(C)C)c(F)c1. The molecule has 1 aromatic carbocycles. The van der Waals surface area contributed by atoms with Gasteiger partial charge >= 0.3 is 0 Å². The van der Waals surface area contributed by atoms with Gasteiger partial charge in [0.25, 0.3) is 0 Å². The minimum absolute atomic E-state index is 0.114. The Morgan fingerprint density at radius 3 is 2.22 bits per heavy atom. The first-order valence-electron chi connectivity index (χ1n) is 5.84. The Balaban J connectivity index is 2.97. The molecule has 0 fully saturated rings. The van der Waals surface area contributed by atoms with Crippen molar-refractivity contribution in [2.75, 3.05) is 24.3 Å². The van der Waals surface area contributed by atoms with E-state index in [1.165, 1.54) is 4.90 Å². The van der Waals surface area contributed by atoms with E-state index in [0.717, 1.165) is 12.1 Å². The molecule has 0 radical (unpaired) electrons. The molecule has 0 spiro atoms. The van der Waals surface area contributed by atoms with Gasteiger partial charge in [0.1, 0.15) is 5.69 Å². The normalized spacial score (nSPS) is 12.1. The number of rotatable bonds is 4. The molecule has 0 aliphatic carbocycles. The summed E-state index contributed by atoms with van der Waals surface area (Å²) in [6, 6.07) is 2.25. The molecule has 1 aromatic rings.